The average Bonchev–Trinajstić information content (AvgIpc) is 2.09. The predicted molar refractivity (Wildman–Crippen MR) is 56.7 cm³/mol. The van der Waals surface area contributed by atoms with Gasteiger partial charge in [0, 0.05) is 0 Å². The van der Waals surface area contributed by atoms with Crippen LogP contribution in [0.1, 0.15) is 53.4 Å². The zero-order valence-corrected chi connectivity index (χ0v) is 9.73. The Bertz CT molecular complexity index is 96.3. The van der Waals surface area contributed by atoms with Crippen molar-refractivity contribution in [1.82, 2.24) is 0 Å². The molecule has 2 nitrogen and oxygen atoms in total. The first-order chi connectivity index (χ1) is 6.20. The highest BCUT2D eigenvalue weighted by molar-refractivity contribution is 4.32. The summed E-state index contributed by atoms with van der Waals surface area (Å²) < 4.78 is 0. The first kappa shape index (κ1) is 12.9. The Hall–Kier alpha value is -0.0800. The van der Waals surface area contributed by atoms with Gasteiger partial charge >= 0.3 is 0 Å². The summed E-state index contributed by atoms with van der Waals surface area (Å²) in [5, 5.41) is 1.32. The molecule has 0 unspecified atom stereocenters. The highest BCUT2D eigenvalue weighted by Gasteiger charge is 2.10. The predicted octanol–water partition coefficient (Wildman–Crippen LogP) is 1.81. The van der Waals surface area contributed by atoms with Crippen LogP contribution < -0.4 is 5.06 Å². The zero-order chi connectivity index (χ0) is 10.1. The molecule has 1 N–H and O–H groups in total. The van der Waals surface area contributed by atoms with Gasteiger partial charge in [0.1, 0.15) is 19.2 Å². The molecule has 0 bridgehead atoms. The third kappa shape index (κ3) is 8.26. The van der Waals surface area contributed by atoms with Gasteiger partial charge in [0.2, 0.25) is 0 Å². The van der Waals surface area contributed by atoms with Crippen molar-refractivity contribution in [2.24, 2.45) is 0 Å². The summed E-state index contributed by atoms with van der Waals surface area (Å²) in [5.41, 5.74) is 0. The van der Waals surface area contributed by atoms with Crippen LogP contribution in [0.15, 0.2) is 0 Å². The van der Waals surface area contributed by atoms with Crippen molar-refractivity contribution in [3.63, 3.8) is 0 Å². The summed E-state index contributed by atoms with van der Waals surface area (Å²) in [6.45, 7) is 11.0. The normalized spacial score (nSPS) is 11.5. The standard InChI is InChI=1S/C11H25NO/c1-5-7-9-12(10-8-6-2)13-11(3)4/h11H,5-10H2,1-4H3/p+1. The number of hydroxylamine groups is 2. The minimum atomic E-state index is 0.351. The van der Waals surface area contributed by atoms with Crippen molar-refractivity contribution < 1.29 is 9.90 Å². The Morgan fingerprint density at radius 2 is 1.46 bits per heavy atom. The van der Waals surface area contributed by atoms with Gasteiger partial charge in [0.15, 0.2) is 0 Å². The van der Waals surface area contributed by atoms with Gasteiger partial charge in [-0.15, -0.1) is 0 Å². The lowest BCUT2D eigenvalue weighted by Crippen LogP contribution is -3.11. The number of unbranched alkanes of at least 4 members (excludes halogenated alkanes) is 2. The molecule has 0 heterocycles. The van der Waals surface area contributed by atoms with Gasteiger partial charge in [0.05, 0.1) is 0 Å². The molecular weight excluding hydrogens is 162 g/mol. The van der Waals surface area contributed by atoms with Crippen molar-refractivity contribution in [2.45, 2.75) is 59.5 Å². The molecule has 0 atom stereocenters. The maximum absolute atomic E-state index is 5.77. The summed E-state index contributed by atoms with van der Waals surface area (Å²) in [7, 11) is 0. The number of hydrogen-bond acceptors (Lipinski definition) is 1. The Morgan fingerprint density at radius 3 is 1.77 bits per heavy atom. The molecule has 0 aliphatic heterocycles. The van der Waals surface area contributed by atoms with E-state index in [1.54, 1.807) is 0 Å². The Labute approximate surface area is 83.2 Å². The van der Waals surface area contributed by atoms with E-state index < -0.39 is 0 Å². The first-order valence-electron chi connectivity index (χ1n) is 5.72. The summed E-state index contributed by atoms with van der Waals surface area (Å²) >= 11 is 0. The van der Waals surface area contributed by atoms with E-state index in [1.807, 2.05) is 0 Å². The molecule has 0 amide bonds. The highest BCUT2D eigenvalue weighted by atomic mass is 16.7. The fourth-order valence-corrected chi connectivity index (χ4v) is 1.32. The van der Waals surface area contributed by atoms with Gasteiger partial charge in [0.25, 0.3) is 0 Å². The number of hydrogen-bond donors (Lipinski definition) is 1. The molecule has 0 radical (unpaired) electrons. The lowest BCUT2D eigenvalue weighted by molar-refractivity contribution is -1.10. The second kappa shape index (κ2) is 8.52. The molecule has 80 valence electrons. The Balaban J connectivity index is 3.60. The van der Waals surface area contributed by atoms with E-state index in [-0.39, 0.29) is 0 Å². The first-order valence-corrected chi connectivity index (χ1v) is 5.72. The average molecular weight is 188 g/mol. The molecule has 0 aliphatic carbocycles. The SMILES string of the molecule is CCCC[NH+](CCCC)OC(C)C. The van der Waals surface area contributed by atoms with Crippen molar-refractivity contribution in [3.8, 4) is 0 Å². The van der Waals surface area contributed by atoms with E-state index in [4.69, 9.17) is 4.84 Å². The van der Waals surface area contributed by atoms with Gasteiger partial charge in [-0.2, -0.15) is 5.06 Å². The maximum atomic E-state index is 5.77. The number of quaternary nitrogens is 1. The second-order valence-electron chi connectivity index (χ2n) is 3.91. The molecule has 2 heteroatoms. The molecule has 0 saturated heterocycles. The van der Waals surface area contributed by atoms with Gasteiger partial charge in [-0.05, 0) is 26.7 Å². The quantitative estimate of drug-likeness (QED) is 0.574. The van der Waals surface area contributed by atoms with Crippen molar-refractivity contribution in [1.29, 1.82) is 0 Å². The van der Waals surface area contributed by atoms with Crippen LogP contribution in [0.25, 0.3) is 0 Å². The lowest BCUT2D eigenvalue weighted by Gasteiger charge is -2.19. The van der Waals surface area contributed by atoms with Crippen LogP contribution in [0.5, 0.6) is 0 Å². The molecule has 0 aromatic carbocycles. The zero-order valence-electron chi connectivity index (χ0n) is 9.73. The summed E-state index contributed by atoms with van der Waals surface area (Å²) in [6, 6.07) is 0. The maximum Gasteiger partial charge on any atom is 0.111 e. The Morgan fingerprint density at radius 1 is 1.00 bits per heavy atom. The van der Waals surface area contributed by atoms with Crippen molar-refractivity contribution in [2.75, 3.05) is 13.1 Å². The largest absolute Gasteiger partial charge is 0.202 e. The molecule has 0 fully saturated rings. The third-order valence-electron chi connectivity index (χ3n) is 2.02. The van der Waals surface area contributed by atoms with Crippen molar-refractivity contribution >= 4 is 0 Å². The van der Waals surface area contributed by atoms with E-state index in [2.05, 4.69) is 27.7 Å². The molecule has 0 aromatic rings. The van der Waals surface area contributed by atoms with Crippen LogP contribution >= 0.6 is 0 Å². The van der Waals surface area contributed by atoms with Crippen LogP contribution in [-0.4, -0.2) is 19.2 Å². The Kier molecular flexibility index (Phi) is 8.46. The summed E-state index contributed by atoms with van der Waals surface area (Å²) in [5.74, 6) is 0. The van der Waals surface area contributed by atoms with Crippen LogP contribution in [0.3, 0.4) is 0 Å². The molecule has 0 rings (SSSR count). The monoisotopic (exact) mass is 188 g/mol. The van der Waals surface area contributed by atoms with Gasteiger partial charge < -0.3 is 0 Å². The fourth-order valence-electron chi connectivity index (χ4n) is 1.32. The van der Waals surface area contributed by atoms with Crippen LogP contribution in [0, 0.1) is 0 Å². The fraction of sp³-hybridized carbons (Fsp3) is 1.00. The third-order valence-corrected chi connectivity index (χ3v) is 2.02. The number of nitrogens with one attached hydrogen (secondary N) is 1. The molecular formula is C11H26NO+. The van der Waals surface area contributed by atoms with Crippen molar-refractivity contribution in [3.05, 3.63) is 0 Å². The topological polar surface area (TPSA) is 13.7 Å². The van der Waals surface area contributed by atoms with Crippen LogP contribution in [0.4, 0.5) is 0 Å². The molecule has 0 spiro atoms. The highest BCUT2D eigenvalue weighted by Crippen LogP contribution is 1.85. The van der Waals surface area contributed by atoms with Crippen LogP contribution in [0.2, 0.25) is 0 Å². The summed E-state index contributed by atoms with van der Waals surface area (Å²) in [6.07, 6.45) is 5.41. The minimum Gasteiger partial charge on any atom is -0.202 e. The van der Waals surface area contributed by atoms with E-state index in [9.17, 15) is 0 Å². The van der Waals surface area contributed by atoms with Gasteiger partial charge in [-0.1, -0.05) is 26.7 Å². The molecule has 13 heavy (non-hydrogen) atoms. The van der Waals surface area contributed by atoms with E-state index >= 15 is 0 Å². The lowest BCUT2D eigenvalue weighted by atomic mass is 10.3. The van der Waals surface area contributed by atoms with E-state index in [1.165, 1.54) is 30.7 Å². The van der Waals surface area contributed by atoms with Crippen LogP contribution in [-0.2, 0) is 4.84 Å². The minimum absolute atomic E-state index is 0.351. The number of rotatable bonds is 8. The molecule has 0 aliphatic rings. The van der Waals surface area contributed by atoms with Gasteiger partial charge in [-0.3, -0.25) is 0 Å². The van der Waals surface area contributed by atoms with Gasteiger partial charge in [-0.25, -0.2) is 4.84 Å². The summed E-state index contributed by atoms with van der Waals surface area (Å²) in [4.78, 5) is 5.77. The smallest absolute Gasteiger partial charge is 0.111 e. The van der Waals surface area contributed by atoms with E-state index in [0.717, 1.165) is 13.1 Å². The second-order valence-corrected chi connectivity index (χ2v) is 3.91. The molecule has 0 aromatic heterocycles. The van der Waals surface area contributed by atoms with E-state index in [0.29, 0.717) is 6.10 Å². The molecule has 0 saturated carbocycles.